The lowest BCUT2D eigenvalue weighted by atomic mass is 10.2. The van der Waals surface area contributed by atoms with Gasteiger partial charge in [-0.05, 0) is 19.1 Å². The molecule has 9 heteroatoms. The molecule has 1 aromatic heterocycles. The lowest BCUT2D eigenvalue weighted by molar-refractivity contribution is -0.181. The normalized spacial score (nSPS) is 17.6. The lowest BCUT2D eigenvalue weighted by Gasteiger charge is -2.39. The molecule has 2 aromatic rings. The van der Waals surface area contributed by atoms with E-state index in [9.17, 15) is 13.2 Å². The third-order valence-corrected chi connectivity index (χ3v) is 4.85. The third-order valence-electron chi connectivity index (χ3n) is 4.85. The molecule has 0 bridgehead atoms. The van der Waals surface area contributed by atoms with Crippen LogP contribution in [-0.4, -0.2) is 66.2 Å². The molecule has 1 aliphatic rings. The van der Waals surface area contributed by atoms with Crippen molar-refractivity contribution in [3.8, 4) is 11.5 Å². The smallest absolute Gasteiger partial charge is 0.403 e. The van der Waals surface area contributed by atoms with Crippen LogP contribution in [0.3, 0.4) is 0 Å². The van der Waals surface area contributed by atoms with Crippen LogP contribution in [0, 0.1) is 0 Å². The molecule has 0 saturated carbocycles. The fourth-order valence-electron chi connectivity index (χ4n) is 3.13. The van der Waals surface area contributed by atoms with Crippen LogP contribution in [0.4, 0.5) is 13.2 Å². The third kappa shape index (κ3) is 4.83. The molecular weight excluding hydrogens is 371 g/mol. The van der Waals surface area contributed by atoms with Gasteiger partial charge in [-0.2, -0.15) is 13.2 Å². The molecule has 0 spiro atoms. The molecule has 0 radical (unpaired) electrons. The van der Waals surface area contributed by atoms with E-state index < -0.39 is 12.2 Å². The summed E-state index contributed by atoms with van der Waals surface area (Å²) in [6.45, 7) is 3.26. The maximum atomic E-state index is 12.9. The Labute approximate surface area is 162 Å². The van der Waals surface area contributed by atoms with Crippen LogP contribution in [0.25, 0.3) is 11.5 Å². The Kier molecular flexibility index (Phi) is 6.23. The van der Waals surface area contributed by atoms with Gasteiger partial charge in [-0.1, -0.05) is 18.2 Å². The molecule has 2 heterocycles. The minimum absolute atomic E-state index is 0.337. The summed E-state index contributed by atoms with van der Waals surface area (Å²) >= 11 is 0. The van der Waals surface area contributed by atoms with Crippen molar-refractivity contribution in [3.63, 3.8) is 0 Å². The van der Waals surface area contributed by atoms with Crippen molar-refractivity contribution in [2.75, 3.05) is 33.2 Å². The van der Waals surface area contributed by atoms with Crippen LogP contribution in [-0.2, 0) is 6.54 Å². The fraction of sp³-hybridized carbons (Fsp3) is 0.474. The van der Waals surface area contributed by atoms with Crippen LogP contribution in [0.15, 0.2) is 46.0 Å². The first-order chi connectivity index (χ1) is 13.4. The van der Waals surface area contributed by atoms with Gasteiger partial charge in [-0.3, -0.25) is 9.89 Å². The zero-order chi connectivity index (χ0) is 20.1. The number of guanidine groups is 1. The monoisotopic (exact) mass is 395 g/mol. The lowest BCUT2D eigenvalue weighted by Crippen LogP contribution is -2.56. The Morgan fingerprint density at radius 1 is 1.21 bits per heavy atom. The van der Waals surface area contributed by atoms with E-state index in [0.29, 0.717) is 44.6 Å². The van der Waals surface area contributed by atoms with Gasteiger partial charge in [0.25, 0.3) is 0 Å². The standard InChI is InChI=1S/C19H24F3N5O/c1-14(19(20,21)22)26-8-10-27(11-9-26)18(23-2)24-12-16-13-28-17(25-16)15-6-4-3-5-7-15/h3-7,13-14H,8-12H2,1-2H3,(H,23,24). The second-order valence-corrected chi connectivity index (χ2v) is 6.65. The zero-order valence-corrected chi connectivity index (χ0v) is 15.9. The zero-order valence-electron chi connectivity index (χ0n) is 15.9. The number of piperazine rings is 1. The van der Waals surface area contributed by atoms with Crippen molar-refractivity contribution < 1.29 is 17.6 Å². The topological polar surface area (TPSA) is 56.9 Å². The maximum absolute atomic E-state index is 12.9. The molecule has 1 aliphatic heterocycles. The van der Waals surface area contributed by atoms with E-state index in [1.54, 1.807) is 13.3 Å². The summed E-state index contributed by atoms with van der Waals surface area (Å²) in [5.74, 6) is 1.19. The molecule has 28 heavy (non-hydrogen) atoms. The summed E-state index contributed by atoms with van der Waals surface area (Å²) < 4.78 is 44.2. The second-order valence-electron chi connectivity index (χ2n) is 6.65. The minimum Gasteiger partial charge on any atom is -0.444 e. The predicted molar refractivity (Wildman–Crippen MR) is 101 cm³/mol. The molecule has 1 aromatic carbocycles. The Balaban J connectivity index is 1.53. The van der Waals surface area contributed by atoms with Crippen LogP contribution >= 0.6 is 0 Å². The highest BCUT2D eigenvalue weighted by Gasteiger charge is 2.41. The molecule has 6 nitrogen and oxygen atoms in total. The molecule has 1 fully saturated rings. The molecule has 1 N–H and O–H groups in total. The van der Waals surface area contributed by atoms with Gasteiger partial charge < -0.3 is 14.6 Å². The first-order valence-electron chi connectivity index (χ1n) is 9.14. The molecule has 3 rings (SSSR count). The Morgan fingerprint density at radius 3 is 2.50 bits per heavy atom. The Hall–Kier alpha value is -2.55. The number of aromatic nitrogens is 1. The summed E-state index contributed by atoms with van der Waals surface area (Å²) in [7, 11) is 1.66. The molecule has 1 atom stereocenters. The van der Waals surface area contributed by atoms with Crippen molar-refractivity contribution in [2.45, 2.75) is 25.7 Å². The highest BCUT2D eigenvalue weighted by Crippen LogP contribution is 2.25. The number of benzene rings is 1. The SMILES string of the molecule is CN=C(NCc1coc(-c2ccccc2)n1)N1CCN(C(C)C(F)(F)F)CC1. The number of nitrogens with zero attached hydrogens (tertiary/aromatic N) is 4. The van der Waals surface area contributed by atoms with E-state index in [1.807, 2.05) is 35.2 Å². The molecule has 152 valence electrons. The van der Waals surface area contributed by atoms with Gasteiger partial charge in [0.2, 0.25) is 5.89 Å². The first kappa shape index (κ1) is 20.2. The van der Waals surface area contributed by atoms with E-state index in [2.05, 4.69) is 15.3 Å². The molecule has 1 saturated heterocycles. The van der Waals surface area contributed by atoms with Gasteiger partial charge >= 0.3 is 6.18 Å². The minimum atomic E-state index is -4.20. The van der Waals surface area contributed by atoms with Crippen LogP contribution in [0.1, 0.15) is 12.6 Å². The van der Waals surface area contributed by atoms with Crippen molar-refractivity contribution in [1.29, 1.82) is 0 Å². The molecule has 0 amide bonds. The van der Waals surface area contributed by atoms with Gasteiger partial charge in [-0.25, -0.2) is 4.98 Å². The number of hydrogen-bond acceptors (Lipinski definition) is 4. The summed E-state index contributed by atoms with van der Waals surface area (Å²) in [6.07, 6.45) is -2.61. The fourth-order valence-corrected chi connectivity index (χ4v) is 3.13. The van der Waals surface area contributed by atoms with Crippen LogP contribution in [0.2, 0.25) is 0 Å². The molecule has 1 unspecified atom stereocenters. The number of aliphatic imine (C=N–C) groups is 1. The number of nitrogens with one attached hydrogen (secondary N) is 1. The van der Waals surface area contributed by atoms with Crippen LogP contribution in [0.5, 0.6) is 0 Å². The van der Waals surface area contributed by atoms with Crippen LogP contribution < -0.4 is 5.32 Å². The van der Waals surface area contributed by atoms with E-state index >= 15 is 0 Å². The average molecular weight is 395 g/mol. The largest absolute Gasteiger partial charge is 0.444 e. The summed E-state index contributed by atoms with van der Waals surface area (Å²) in [5.41, 5.74) is 1.62. The number of rotatable bonds is 4. The van der Waals surface area contributed by atoms with E-state index in [1.165, 1.54) is 11.8 Å². The van der Waals surface area contributed by atoms with Crippen molar-refractivity contribution in [2.24, 2.45) is 4.99 Å². The molecule has 0 aliphatic carbocycles. The molecular formula is C19H24F3N5O. The van der Waals surface area contributed by atoms with Crippen molar-refractivity contribution in [1.82, 2.24) is 20.1 Å². The van der Waals surface area contributed by atoms with Gasteiger partial charge in [0.05, 0.1) is 12.2 Å². The quantitative estimate of drug-likeness (QED) is 0.637. The summed E-state index contributed by atoms with van der Waals surface area (Å²) in [4.78, 5) is 12.1. The number of hydrogen-bond donors (Lipinski definition) is 1. The van der Waals surface area contributed by atoms with Gasteiger partial charge in [0.1, 0.15) is 12.3 Å². The van der Waals surface area contributed by atoms with E-state index in [-0.39, 0.29) is 0 Å². The number of halogens is 3. The predicted octanol–water partition coefficient (Wildman–Crippen LogP) is 2.99. The summed E-state index contributed by atoms with van der Waals surface area (Å²) in [6, 6.07) is 8.16. The maximum Gasteiger partial charge on any atom is 0.403 e. The highest BCUT2D eigenvalue weighted by molar-refractivity contribution is 5.80. The first-order valence-corrected chi connectivity index (χ1v) is 9.14. The Morgan fingerprint density at radius 2 is 1.89 bits per heavy atom. The van der Waals surface area contributed by atoms with Crippen molar-refractivity contribution in [3.05, 3.63) is 42.3 Å². The average Bonchev–Trinajstić information content (AvgIpc) is 3.17. The van der Waals surface area contributed by atoms with Gasteiger partial charge in [0.15, 0.2) is 5.96 Å². The second kappa shape index (κ2) is 8.64. The number of alkyl halides is 3. The number of oxazole rings is 1. The van der Waals surface area contributed by atoms with Gasteiger partial charge in [0, 0.05) is 38.8 Å². The summed E-state index contributed by atoms with van der Waals surface area (Å²) in [5, 5.41) is 3.21. The van der Waals surface area contributed by atoms with E-state index in [4.69, 9.17) is 4.42 Å². The Bertz CT molecular complexity index is 782. The van der Waals surface area contributed by atoms with Crippen molar-refractivity contribution >= 4 is 5.96 Å². The highest BCUT2D eigenvalue weighted by atomic mass is 19.4. The van der Waals surface area contributed by atoms with Gasteiger partial charge in [-0.15, -0.1) is 0 Å². The van der Waals surface area contributed by atoms with E-state index in [0.717, 1.165) is 11.3 Å².